The molecule has 0 aliphatic carbocycles. The minimum absolute atomic E-state index is 0.312. The van der Waals surface area contributed by atoms with Crippen LogP contribution in [0, 0.1) is 12.3 Å². The number of hydrogen-bond donors (Lipinski definition) is 1. The monoisotopic (exact) mass is 178 g/mol. The first-order chi connectivity index (χ1) is 6.15. The molecule has 70 valence electrons. The van der Waals surface area contributed by atoms with E-state index in [-0.39, 0.29) is 0 Å². The Morgan fingerprint density at radius 3 is 2.85 bits per heavy atom. The molecule has 0 radical (unpaired) electrons. The highest BCUT2D eigenvalue weighted by molar-refractivity contribution is 5.10. The highest BCUT2D eigenvalue weighted by atomic mass is 16.3. The van der Waals surface area contributed by atoms with Crippen LogP contribution in [0.2, 0.25) is 0 Å². The van der Waals surface area contributed by atoms with E-state index in [0.29, 0.717) is 12.5 Å². The normalized spacial score (nSPS) is 12.8. The molecule has 0 amide bonds. The predicted molar refractivity (Wildman–Crippen MR) is 51.0 cm³/mol. The number of aliphatic hydroxyl groups is 1. The van der Waals surface area contributed by atoms with Crippen molar-refractivity contribution < 1.29 is 5.11 Å². The smallest absolute Gasteiger partial charge is 0.0929 e. The average molecular weight is 178 g/mol. The third kappa shape index (κ3) is 2.33. The molecule has 0 fully saturated rings. The average Bonchev–Trinajstić information content (AvgIpc) is 2.52. The molecule has 1 heterocycles. The first-order valence-electron chi connectivity index (χ1n) is 4.30. The molecular weight excluding hydrogens is 164 g/mol. The van der Waals surface area contributed by atoms with Gasteiger partial charge >= 0.3 is 0 Å². The summed E-state index contributed by atoms with van der Waals surface area (Å²) in [7, 11) is 0. The van der Waals surface area contributed by atoms with Gasteiger partial charge in [-0.2, -0.15) is 5.10 Å². The van der Waals surface area contributed by atoms with Crippen molar-refractivity contribution in [3.8, 4) is 12.3 Å². The lowest BCUT2D eigenvalue weighted by molar-refractivity contribution is 0.184. The summed E-state index contributed by atoms with van der Waals surface area (Å²) in [5, 5.41) is 13.6. The summed E-state index contributed by atoms with van der Waals surface area (Å²) in [6.07, 6.45) is 8.33. The van der Waals surface area contributed by atoms with Crippen molar-refractivity contribution in [3.05, 3.63) is 18.0 Å². The van der Waals surface area contributed by atoms with Crippen molar-refractivity contribution in [2.75, 3.05) is 0 Å². The van der Waals surface area contributed by atoms with Crippen LogP contribution in [-0.2, 0) is 0 Å². The second kappa shape index (κ2) is 4.11. The number of nitrogens with zero attached hydrogens (tertiary/aromatic N) is 2. The Kier molecular flexibility index (Phi) is 3.10. The SMILES string of the molecule is C#CCC(O)c1cnn(C(C)C)c1. The summed E-state index contributed by atoms with van der Waals surface area (Å²) < 4.78 is 1.80. The maximum absolute atomic E-state index is 9.52. The van der Waals surface area contributed by atoms with Crippen molar-refractivity contribution in [1.82, 2.24) is 9.78 Å². The van der Waals surface area contributed by atoms with Gasteiger partial charge in [-0.3, -0.25) is 4.68 Å². The van der Waals surface area contributed by atoms with Gasteiger partial charge in [0.15, 0.2) is 0 Å². The second-order valence-electron chi connectivity index (χ2n) is 3.27. The molecule has 0 aromatic carbocycles. The van der Waals surface area contributed by atoms with E-state index in [1.807, 2.05) is 20.0 Å². The molecule has 0 saturated carbocycles. The maximum atomic E-state index is 9.52. The van der Waals surface area contributed by atoms with E-state index in [1.165, 1.54) is 0 Å². The lowest BCUT2D eigenvalue weighted by Gasteiger charge is -2.04. The molecule has 1 unspecified atom stereocenters. The fourth-order valence-corrected chi connectivity index (χ4v) is 1.04. The van der Waals surface area contributed by atoms with Gasteiger partial charge in [-0.15, -0.1) is 12.3 Å². The molecular formula is C10H14N2O. The minimum Gasteiger partial charge on any atom is -0.387 e. The van der Waals surface area contributed by atoms with Crippen LogP contribution in [0.15, 0.2) is 12.4 Å². The van der Waals surface area contributed by atoms with Gasteiger partial charge in [0.05, 0.1) is 12.3 Å². The van der Waals surface area contributed by atoms with Crippen LogP contribution in [0.25, 0.3) is 0 Å². The van der Waals surface area contributed by atoms with Gasteiger partial charge in [0.2, 0.25) is 0 Å². The Hall–Kier alpha value is -1.27. The first kappa shape index (κ1) is 9.82. The van der Waals surface area contributed by atoms with Crippen LogP contribution in [0.3, 0.4) is 0 Å². The van der Waals surface area contributed by atoms with Crippen molar-refractivity contribution in [3.63, 3.8) is 0 Å². The van der Waals surface area contributed by atoms with Crippen LogP contribution in [0.1, 0.15) is 38.0 Å². The standard InChI is InChI=1S/C10H14N2O/c1-4-5-10(13)9-6-11-12(7-9)8(2)3/h1,6-8,10,13H,5H2,2-3H3. The lowest BCUT2D eigenvalue weighted by atomic mass is 10.1. The number of terminal acetylenes is 1. The molecule has 1 aromatic rings. The predicted octanol–water partition coefficient (Wildman–Crippen LogP) is 1.52. The molecule has 3 nitrogen and oxygen atoms in total. The lowest BCUT2D eigenvalue weighted by Crippen LogP contribution is -2.00. The van der Waals surface area contributed by atoms with E-state index >= 15 is 0 Å². The van der Waals surface area contributed by atoms with Gasteiger partial charge in [-0.25, -0.2) is 0 Å². The minimum atomic E-state index is -0.586. The Morgan fingerprint density at radius 2 is 2.38 bits per heavy atom. The third-order valence-corrected chi connectivity index (χ3v) is 1.85. The van der Waals surface area contributed by atoms with Crippen LogP contribution in [-0.4, -0.2) is 14.9 Å². The molecule has 1 aromatic heterocycles. The fraction of sp³-hybridized carbons (Fsp3) is 0.500. The summed E-state index contributed by atoms with van der Waals surface area (Å²) in [6.45, 7) is 4.06. The van der Waals surface area contributed by atoms with Crippen molar-refractivity contribution >= 4 is 0 Å². The van der Waals surface area contributed by atoms with Gasteiger partial charge in [0.25, 0.3) is 0 Å². The first-order valence-corrected chi connectivity index (χ1v) is 4.30. The van der Waals surface area contributed by atoms with E-state index in [9.17, 15) is 5.11 Å². The molecule has 1 N–H and O–H groups in total. The third-order valence-electron chi connectivity index (χ3n) is 1.85. The Bertz CT molecular complexity index is 309. The Labute approximate surface area is 78.4 Å². The summed E-state index contributed by atoms with van der Waals surface area (Å²) in [5.41, 5.74) is 0.784. The highest BCUT2D eigenvalue weighted by Crippen LogP contribution is 2.16. The van der Waals surface area contributed by atoms with E-state index in [1.54, 1.807) is 10.9 Å². The zero-order chi connectivity index (χ0) is 9.84. The van der Waals surface area contributed by atoms with E-state index in [2.05, 4.69) is 11.0 Å². The quantitative estimate of drug-likeness (QED) is 0.713. The van der Waals surface area contributed by atoms with Crippen LogP contribution in [0.5, 0.6) is 0 Å². The molecule has 0 aliphatic rings. The topological polar surface area (TPSA) is 38.1 Å². The van der Waals surface area contributed by atoms with Crippen molar-refractivity contribution in [2.45, 2.75) is 32.4 Å². The van der Waals surface area contributed by atoms with Crippen molar-refractivity contribution in [2.24, 2.45) is 0 Å². The van der Waals surface area contributed by atoms with Crippen LogP contribution >= 0.6 is 0 Å². The molecule has 0 bridgehead atoms. The van der Waals surface area contributed by atoms with Gasteiger partial charge in [0.1, 0.15) is 0 Å². The number of hydrogen-bond acceptors (Lipinski definition) is 2. The van der Waals surface area contributed by atoms with Gasteiger partial charge in [0, 0.05) is 24.2 Å². The maximum Gasteiger partial charge on any atom is 0.0929 e. The summed E-state index contributed by atoms with van der Waals surface area (Å²) >= 11 is 0. The zero-order valence-corrected chi connectivity index (χ0v) is 7.94. The molecule has 0 aliphatic heterocycles. The van der Waals surface area contributed by atoms with E-state index in [4.69, 9.17) is 6.42 Å². The summed E-state index contributed by atoms with van der Waals surface area (Å²) in [4.78, 5) is 0. The van der Waals surface area contributed by atoms with Gasteiger partial charge in [-0.1, -0.05) is 0 Å². The Morgan fingerprint density at radius 1 is 1.69 bits per heavy atom. The largest absolute Gasteiger partial charge is 0.387 e. The van der Waals surface area contributed by atoms with Crippen LogP contribution < -0.4 is 0 Å². The molecule has 1 rings (SSSR count). The molecule has 1 atom stereocenters. The number of aromatic nitrogens is 2. The summed E-state index contributed by atoms with van der Waals surface area (Å²) in [5.74, 6) is 2.42. The second-order valence-corrected chi connectivity index (χ2v) is 3.27. The van der Waals surface area contributed by atoms with Gasteiger partial charge in [-0.05, 0) is 13.8 Å². The highest BCUT2D eigenvalue weighted by Gasteiger charge is 2.09. The molecule has 3 heteroatoms. The van der Waals surface area contributed by atoms with Gasteiger partial charge < -0.3 is 5.11 Å². The fourth-order valence-electron chi connectivity index (χ4n) is 1.04. The zero-order valence-electron chi connectivity index (χ0n) is 7.94. The Balaban J connectivity index is 2.74. The van der Waals surface area contributed by atoms with Crippen molar-refractivity contribution in [1.29, 1.82) is 0 Å². The number of aliphatic hydroxyl groups excluding tert-OH is 1. The molecule has 0 saturated heterocycles. The summed E-state index contributed by atoms with van der Waals surface area (Å²) in [6, 6.07) is 0.312. The molecule has 13 heavy (non-hydrogen) atoms. The van der Waals surface area contributed by atoms with Crippen LogP contribution in [0.4, 0.5) is 0 Å². The molecule has 0 spiro atoms. The van der Waals surface area contributed by atoms with E-state index in [0.717, 1.165) is 5.56 Å². The van der Waals surface area contributed by atoms with E-state index < -0.39 is 6.10 Å². The number of rotatable bonds is 3.